The van der Waals surface area contributed by atoms with Gasteiger partial charge in [0.25, 0.3) is 0 Å². The molecule has 0 aromatic heterocycles. The van der Waals surface area contributed by atoms with E-state index in [0.29, 0.717) is 5.56 Å². The van der Waals surface area contributed by atoms with Gasteiger partial charge in [-0.1, -0.05) is 35.9 Å². The van der Waals surface area contributed by atoms with Crippen LogP contribution in [0.1, 0.15) is 65.1 Å². The molecule has 1 rings (SSSR count). The van der Waals surface area contributed by atoms with E-state index in [2.05, 4.69) is 17.2 Å². The molecule has 1 aromatic carbocycles. The molecule has 1 aromatic rings. The predicted octanol–water partition coefficient (Wildman–Crippen LogP) is 2.73. The molecule has 4 N–H and O–H groups in total. The van der Waals surface area contributed by atoms with E-state index in [0.717, 1.165) is 5.56 Å². The van der Waals surface area contributed by atoms with Gasteiger partial charge in [0.1, 0.15) is 17.7 Å². The van der Waals surface area contributed by atoms with Crippen molar-refractivity contribution in [1.82, 2.24) is 15.5 Å². The number of carbonyl (C=O) groups is 4. The van der Waals surface area contributed by atoms with E-state index in [-0.39, 0.29) is 6.54 Å². The number of ether oxygens (including phenoxy) is 1. The van der Waals surface area contributed by atoms with Crippen LogP contribution in [-0.2, 0) is 19.1 Å². The zero-order valence-corrected chi connectivity index (χ0v) is 21.2. The van der Waals surface area contributed by atoms with Gasteiger partial charge in [0, 0.05) is 12.1 Å². The number of alkyl carbamates (subject to hydrolysis) is 1. The molecule has 0 fully saturated rings. The minimum Gasteiger partial charge on any atom is -0.444 e. The molecule has 0 bridgehead atoms. The van der Waals surface area contributed by atoms with Crippen molar-refractivity contribution in [2.24, 2.45) is 5.73 Å². The number of nitrogens with one attached hydrogen (secondary N) is 2. The van der Waals surface area contributed by atoms with E-state index in [1.807, 2.05) is 33.8 Å². The summed E-state index contributed by atoms with van der Waals surface area (Å²) < 4.78 is 5.24. The van der Waals surface area contributed by atoms with Crippen molar-refractivity contribution in [2.75, 3.05) is 6.54 Å². The molecule has 0 aliphatic rings. The molecule has 0 aliphatic heterocycles. The first-order chi connectivity index (χ1) is 15.5. The van der Waals surface area contributed by atoms with Crippen molar-refractivity contribution in [1.29, 1.82) is 0 Å². The Balaban J connectivity index is 3.48. The quantitative estimate of drug-likeness (QED) is 0.474. The van der Waals surface area contributed by atoms with Crippen LogP contribution in [0.5, 0.6) is 0 Å². The van der Waals surface area contributed by atoms with Gasteiger partial charge in [-0.15, -0.1) is 6.58 Å². The maximum absolute atomic E-state index is 13.7. The SMILES string of the molecule is C=CCN(C(=O)C(CC(N)=O)NC(=O)OC(C)(C)C)C(C(=O)NC(C)(C)C)c1cccc(C)c1. The summed E-state index contributed by atoms with van der Waals surface area (Å²) in [6, 6.07) is 4.84. The maximum atomic E-state index is 13.7. The molecule has 9 nitrogen and oxygen atoms in total. The highest BCUT2D eigenvalue weighted by Crippen LogP contribution is 2.25. The normalized spacial score (nSPS) is 13.3. The van der Waals surface area contributed by atoms with Gasteiger partial charge in [-0.05, 0) is 54.0 Å². The van der Waals surface area contributed by atoms with Crippen molar-refractivity contribution in [3.8, 4) is 0 Å². The van der Waals surface area contributed by atoms with E-state index in [4.69, 9.17) is 10.5 Å². The number of nitrogens with zero attached hydrogens (tertiary/aromatic N) is 1. The molecule has 0 heterocycles. The Morgan fingerprint density at radius 1 is 1.15 bits per heavy atom. The van der Waals surface area contributed by atoms with Gasteiger partial charge in [-0.2, -0.15) is 0 Å². The predicted molar refractivity (Wildman–Crippen MR) is 131 cm³/mol. The molecular formula is C25H38N4O5. The summed E-state index contributed by atoms with van der Waals surface area (Å²) in [4.78, 5) is 52.4. The van der Waals surface area contributed by atoms with Crippen LogP contribution in [0.15, 0.2) is 36.9 Å². The second kappa shape index (κ2) is 11.7. The summed E-state index contributed by atoms with van der Waals surface area (Å²) in [7, 11) is 0. The number of carbonyl (C=O) groups excluding carboxylic acids is 4. The molecule has 0 saturated heterocycles. The van der Waals surface area contributed by atoms with Crippen molar-refractivity contribution >= 4 is 23.8 Å². The van der Waals surface area contributed by atoms with Crippen molar-refractivity contribution in [2.45, 2.75) is 78.1 Å². The van der Waals surface area contributed by atoms with Crippen LogP contribution in [0.3, 0.4) is 0 Å². The first-order valence-electron chi connectivity index (χ1n) is 11.1. The van der Waals surface area contributed by atoms with Crippen molar-refractivity contribution < 1.29 is 23.9 Å². The lowest BCUT2D eigenvalue weighted by Gasteiger charge is -2.35. The van der Waals surface area contributed by atoms with Crippen LogP contribution >= 0.6 is 0 Å². The Morgan fingerprint density at radius 3 is 2.24 bits per heavy atom. The second-order valence-corrected chi connectivity index (χ2v) is 10.2. The van der Waals surface area contributed by atoms with Gasteiger partial charge >= 0.3 is 6.09 Å². The van der Waals surface area contributed by atoms with Crippen LogP contribution in [0, 0.1) is 6.92 Å². The van der Waals surface area contributed by atoms with Crippen molar-refractivity contribution in [3.63, 3.8) is 0 Å². The molecule has 4 amide bonds. The fraction of sp³-hybridized carbons (Fsp3) is 0.520. The molecule has 2 unspecified atom stereocenters. The first-order valence-corrected chi connectivity index (χ1v) is 11.1. The van der Waals surface area contributed by atoms with Gasteiger partial charge < -0.3 is 26.0 Å². The van der Waals surface area contributed by atoms with Gasteiger partial charge in [-0.25, -0.2) is 4.79 Å². The fourth-order valence-electron chi connectivity index (χ4n) is 3.26. The second-order valence-electron chi connectivity index (χ2n) is 10.2. The van der Waals surface area contributed by atoms with Crippen molar-refractivity contribution in [3.05, 3.63) is 48.0 Å². The maximum Gasteiger partial charge on any atom is 0.408 e. The molecule has 9 heteroatoms. The van der Waals surface area contributed by atoms with Gasteiger partial charge in [0.15, 0.2) is 0 Å². The smallest absolute Gasteiger partial charge is 0.408 e. The lowest BCUT2D eigenvalue weighted by Crippen LogP contribution is -2.55. The minimum absolute atomic E-state index is 0.0136. The molecule has 188 valence electrons. The third-order valence-corrected chi connectivity index (χ3v) is 4.42. The number of benzene rings is 1. The monoisotopic (exact) mass is 474 g/mol. The lowest BCUT2D eigenvalue weighted by molar-refractivity contribution is -0.143. The number of primary amides is 1. The molecule has 34 heavy (non-hydrogen) atoms. The van der Waals surface area contributed by atoms with Gasteiger partial charge in [0.05, 0.1) is 6.42 Å². The largest absolute Gasteiger partial charge is 0.444 e. The highest BCUT2D eigenvalue weighted by atomic mass is 16.6. The van der Waals surface area contributed by atoms with Crippen LogP contribution in [0.4, 0.5) is 4.79 Å². The average molecular weight is 475 g/mol. The summed E-state index contributed by atoms with van der Waals surface area (Å²) in [6.07, 6.45) is 0.129. The molecule has 2 atom stereocenters. The van der Waals surface area contributed by atoms with E-state index < -0.39 is 53.5 Å². The molecule has 0 spiro atoms. The Labute approximate surface area is 202 Å². The van der Waals surface area contributed by atoms with Crippen LogP contribution in [-0.4, -0.2) is 52.4 Å². The Kier molecular flexibility index (Phi) is 9.84. The van der Waals surface area contributed by atoms with E-state index in [1.54, 1.807) is 39.0 Å². The number of hydrogen-bond donors (Lipinski definition) is 3. The minimum atomic E-state index is -1.33. The molecular weight excluding hydrogens is 436 g/mol. The summed E-state index contributed by atoms with van der Waals surface area (Å²) in [5.41, 5.74) is 5.45. The molecule has 0 radical (unpaired) electrons. The van der Waals surface area contributed by atoms with Crippen LogP contribution in [0.25, 0.3) is 0 Å². The molecule has 0 saturated carbocycles. The first kappa shape index (κ1) is 28.7. The standard InChI is InChI=1S/C25H38N4O5/c1-9-13-29(22(32)18(15-19(26)30)27-23(33)34-25(6,7)8)20(21(31)28-24(3,4)5)17-12-10-11-16(2)14-17/h9-12,14,18,20H,1,13,15H2,2-8H3,(H2,26,30)(H,27,33)(H,28,31). The van der Waals surface area contributed by atoms with Gasteiger partial charge in [0.2, 0.25) is 17.7 Å². The summed E-state index contributed by atoms with van der Waals surface area (Å²) in [5, 5.41) is 5.34. The zero-order valence-electron chi connectivity index (χ0n) is 21.2. The van der Waals surface area contributed by atoms with E-state index >= 15 is 0 Å². The Bertz CT molecular complexity index is 915. The number of rotatable bonds is 9. The third-order valence-electron chi connectivity index (χ3n) is 4.42. The van der Waals surface area contributed by atoms with E-state index in [1.165, 1.54) is 11.0 Å². The summed E-state index contributed by atoms with van der Waals surface area (Å²) in [5.74, 6) is -1.87. The van der Waals surface area contributed by atoms with Crippen LogP contribution < -0.4 is 16.4 Å². The number of hydrogen-bond acceptors (Lipinski definition) is 5. The topological polar surface area (TPSA) is 131 Å². The highest BCUT2D eigenvalue weighted by Gasteiger charge is 2.37. The summed E-state index contributed by atoms with van der Waals surface area (Å²) >= 11 is 0. The summed E-state index contributed by atoms with van der Waals surface area (Å²) in [6.45, 7) is 16.1. The third kappa shape index (κ3) is 9.64. The van der Waals surface area contributed by atoms with Crippen LogP contribution in [0.2, 0.25) is 0 Å². The lowest BCUT2D eigenvalue weighted by atomic mass is 9.99. The number of nitrogens with two attached hydrogens (primary N) is 1. The fourth-order valence-corrected chi connectivity index (χ4v) is 3.26. The Morgan fingerprint density at radius 2 is 1.76 bits per heavy atom. The van der Waals surface area contributed by atoms with E-state index in [9.17, 15) is 19.2 Å². The van der Waals surface area contributed by atoms with Gasteiger partial charge in [-0.3, -0.25) is 14.4 Å². The highest BCUT2D eigenvalue weighted by molar-refractivity contribution is 5.94. The Hall–Kier alpha value is -3.36. The average Bonchev–Trinajstić information content (AvgIpc) is 2.63. The molecule has 0 aliphatic carbocycles. The number of aryl methyl sites for hydroxylation is 1. The zero-order chi connectivity index (χ0) is 26.3. The number of amides is 4.